The van der Waals surface area contributed by atoms with Crippen LogP contribution >= 0.6 is 11.3 Å². The Morgan fingerprint density at radius 1 is 1.38 bits per heavy atom. The number of fused-ring (bicyclic) bond motifs is 1. The lowest BCUT2D eigenvalue weighted by molar-refractivity contribution is -0.129. The molecule has 26 heavy (non-hydrogen) atoms. The van der Waals surface area contributed by atoms with Gasteiger partial charge in [0.05, 0.1) is 23.2 Å². The summed E-state index contributed by atoms with van der Waals surface area (Å²) in [5.74, 6) is -1.93. The maximum atomic E-state index is 12.5. The van der Waals surface area contributed by atoms with Crippen LogP contribution in [0.3, 0.4) is 0 Å². The monoisotopic (exact) mass is 370 g/mol. The van der Waals surface area contributed by atoms with Crippen molar-refractivity contribution in [3.05, 3.63) is 45.6 Å². The zero-order valence-corrected chi connectivity index (χ0v) is 14.6. The number of thiophene rings is 1. The van der Waals surface area contributed by atoms with Crippen molar-refractivity contribution < 1.29 is 19.5 Å². The summed E-state index contributed by atoms with van der Waals surface area (Å²) < 4.78 is 0. The molecule has 0 atom stereocenters. The Labute approximate surface area is 152 Å². The minimum Gasteiger partial charge on any atom is -0.478 e. The summed E-state index contributed by atoms with van der Waals surface area (Å²) in [7, 11) is 0. The number of carboxylic acid groups (broad SMARTS) is 1. The molecule has 132 valence electrons. The molecule has 0 saturated carbocycles. The van der Waals surface area contributed by atoms with Crippen LogP contribution in [-0.2, 0) is 17.8 Å². The smallest absolute Gasteiger partial charge is 0.338 e. The number of aromatic carboxylic acids is 1. The fourth-order valence-electron chi connectivity index (χ4n) is 2.81. The van der Waals surface area contributed by atoms with E-state index in [9.17, 15) is 24.8 Å². The molecule has 2 aromatic heterocycles. The molecule has 1 aliphatic heterocycles. The predicted molar refractivity (Wildman–Crippen MR) is 93.0 cm³/mol. The van der Waals surface area contributed by atoms with Gasteiger partial charge >= 0.3 is 5.97 Å². The highest BCUT2D eigenvalue weighted by Crippen LogP contribution is 2.37. The quantitative estimate of drug-likeness (QED) is 0.850. The van der Waals surface area contributed by atoms with Crippen molar-refractivity contribution in [3.8, 4) is 6.07 Å². The molecule has 0 fully saturated rings. The second kappa shape index (κ2) is 6.93. The third-order valence-electron chi connectivity index (χ3n) is 4.14. The van der Waals surface area contributed by atoms with Gasteiger partial charge in [0.2, 0.25) is 5.91 Å². The molecule has 3 rings (SSSR count). The van der Waals surface area contributed by atoms with Crippen molar-refractivity contribution in [2.45, 2.75) is 19.9 Å². The molecule has 0 unspecified atom stereocenters. The minimum absolute atomic E-state index is 0.0341. The Kier molecular flexibility index (Phi) is 4.69. The fraction of sp³-hybridized carbons (Fsp3) is 0.235. The zero-order chi connectivity index (χ0) is 18.8. The molecule has 9 heteroatoms. The summed E-state index contributed by atoms with van der Waals surface area (Å²) in [4.78, 5) is 41.6. The lowest BCUT2D eigenvalue weighted by Gasteiger charge is -2.25. The number of rotatable bonds is 3. The van der Waals surface area contributed by atoms with E-state index in [0.29, 0.717) is 30.1 Å². The first-order chi connectivity index (χ1) is 12.4. The standard InChI is InChI=1S/C17H14N4O4S/c1-9(22)21-5-3-10-12(6-18)16(26-14(10)8-21)20-15(23)11-2-4-19-7-13(11)17(24)25/h2,4,7H,3,5,8H2,1H3,(H,20,23)(H,24,25). The molecule has 3 heterocycles. The SMILES string of the molecule is CC(=O)N1CCc2c(sc(NC(=O)c3ccncc3C(=O)O)c2C#N)C1. The number of carbonyl (C=O) groups excluding carboxylic acids is 2. The van der Waals surface area contributed by atoms with Gasteiger partial charge in [-0.05, 0) is 18.1 Å². The Bertz CT molecular complexity index is 960. The van der Waals surface area contributed by atoms with Crippen molar-refractivity contribution in [1.82, 2.24) is 9.88 Å². The molecular formula is C17H14N4O4S. The second-order valence-corrected chi connectivity index (χ2v) is 6.80. The van der Waals surface area contributed by atoms with Crippen LogP contribution < -0.4 is 5.32 Å². The molecule has 0 aromatic carbocycles. The van der Waals surface area contributed by atoms with Crippen molar-refractivity contribution in [3.63, 3.8) is 0 Å². The van der Waals surface area contributed by atoms with Crippen molar-refractivity contribution in [2.75, 3.05) is 11.9 Å². The number of carbonyl (C=O) groups is 3. The number of nitriles is 1. The van der Waals surface area contributed by atoms with Gasteiger partial charge in [-0.25, -0.2) is 4.79 Å². The van der Waals surface area contributed by atoms with E-state index in [1.54, 1.807) is 4.90 Å². The summed E-state index contributed by atoms with van der Waals surface area (Å²) in [6, 6.07) is 3.42. The lowest BCUT2D eigenvalue weighted by Crippen LogP contribution is -2.33. The number of anilines is 1. The van der Waals surface area contributed by atoms with E-state index in [4.69, 9.17) is 0 Å². The summed E-state index contributed by atoms with van der Waals surface area (Å²) >= 11 is 1.23. The normalized spacial score (nSPS) is 12.8. The zero-order valence-electron chi connectivity index (χ0n) is 13.8. The second-order valence-electron chi connectivity index (χ2n) is 5.69. The summed E-state index contributed by atoms with van der Waals surface area (Å²) in [6.07, 6.45) is 2.98. The maximum absolute atomic E-state index is 12.5. The lowest BCUT2D eigenvalue weighted by atomic mass is 10.0. The van der Waals surface area contributed by atoms with Crippen LogP contribution in [0.1, 0.15) is 43.6 Å². The number of pyridine rings is 1. The summed E-state index contributed by atoms with van der Waals surface area (Å²) in [5.41, 5.74) is 0.951. The van der Waals surface area contributed by atoms with E-state index < -0.39 is 11.9 Å². The summed E-state index contributed by atoms with van der Waals surface area (Å²) in [5, 5.41) is 21.7. The van der Waals surface area contributed by atoms with Gasteiger partial charge in [0.1, 0.15) is 11.1 Å². The first-order valence-corrected chi connectivity index (χ1v) is 8.52. The molecule has 8 nitrogen and oxygen atoms in total. The third-order valence-corrected chi connectivity index (χ3v) is 5.27. The van der Waals surface area contributed by atoms with Gasteiger partial charge in [-0.15, -0.1) is 11.3 Å². The third kappa shape index (κ3) is 3.14. The predicted octanol–water partition coefficient (Wildman–Crippen LogP) is 1.87. The van der Waals surface area contributed by atoms with Crippen molar-refractivity contribution >= 4 is 34.1 Å². The molecule has 2 aromatic rings. The number of hydrogen-bond donors (Lipinski definition) is 2. The first kappa shape index (κ1) is 17.6. The minimum atomic E-state index is -1.26. The van der Waals surface area contributed by atoms with Gasteiger partial charge < -0.3 is 15.3 Å². The van der Waals surface area contributed by atoms with Crippen LogP contribution in [0.5, 0.6) is 0 Å². The fourth-order valence-corrected chi connectivity index (χ4v) is 4.02. The van der Waals surface area contributed by atoms with Crippen LogP contribution in [0, 0.1) is 11.3 Å². The number of carboxylic acids is 1. The molecule has 2 N–H and O–H groups in total. The van der Waals surface area contributed by atoms with Crippen LogP contribution in [0.15, 0.2) is 18.5 Å². The molecule has 0 radical (unpaired) electrons. The van der Waals surface area contributed by atoms with Gasteiger partial charge in [-0.3, -0.25) is 14.6 Å². The largest absolute Gasteiger partial charge is 0.478 e. The average molecular weight is 370 g/mol. The Morgan fingerprint density at radius 2 is 2.15 bits per heavy atom. The van der Waals surface area contributed by atoms with Crippen LogP contribution in [0.4, 0.5) is 5.00 Å². The molecule has 0 aliphatic carbocycles. The van der Waals surface area contributed by atoms with E-state index in [0.717, 1.165) is 16.6 Å². The van der Waals surface area contributed by atoms with E-state index in [2.05, 4.69) is 16.4 Å². The van der Waals surface area contributed by atoms with Crippen molar-refractivity contribution in [1.29, 1.82) is 5.26 Å². The summed E-state index contributed by atoms with van der Waals surface area (Å²) in [6.45, 7) is 2.41. The van der Waals surface area contributed by atoms with Crippen LogP contribution in [-0.4, -0.2) is 39.3 Å². The van der Waals surface area contributed by atoms with E-state index in [1.807, 2.05) is 0 Å². The Hall–Kier alpha value is -3.25. The van der Waals surface area contributed by atoms with Crippen molar-refractivity contribution in [2.24, 2.45) is 0 Å². The van der Waals surface area contributed by atoms with E-state index in [1.165, 1.54) is 30.5 Å². The number of amides is 2. The molecule has 1 aliphatic rings. The van der Waals surface area contributed by atoms with Gasteiger partial charge in [-0.1, -0.05) is 0 Å². The van der Waals surface area contributed by atoms with Gasteiger partial charge in [0.15, 0.2) is 0 Å². The number of aromatic nitrogens is 1. The van der Waals surface area contributed by atoms with Gasteiger partial charge in [-0.2, -0.15) is 5.26 Å². The molecule has 0 bridgehead atoms. The molecule has 0 saturated heterocycles. The molecule has 0 spiro atoms. The highest BCUT2D eigenvalue weighted by atomic mass is 32.1. The number of nitrogens with one attached hydrogen (secondary N) is 1. The first-order valence-electron chi connectivity index (χ1n) is 7.71. The highest BCUT2D eigenvalue weighted by Gasteiger charge is 2.27. The molecular weight excluding hydrogens is 356 g/mol. The van der Waals surface area contributed by atoms with E-state index in [-0.39, 0.29) is 17.0 Å². The van der Waals surface area contributed by atoms with Gasteiger partial charge in [0.25, 0.3) is 5.91 Å². The van der Waals surface area contributed by atoms with Crippen LogP contribution in [0.2, 0.25) is 0 Å². The number of nitrogens with zero attached hydrogens (tertiary/aromatic N) is 3. The highest BCUT2D eigenvalue weighted by molar-refractivity contribution is 7.16. The Morgan fingerprint density at radius 3 is 2.81 bits per heavy atom. The average Bonchev–Trinajstić information content (AvgIpc) is 2.97. The topological polar surface area (TPSA) is 123 Å². The van der Waals surface area contributed by atoms with Gasteiger partial charge in [0, 0.05) is 30.7 Å². The number of hydrogen-bond acceptors (Lipinski definition) is 6. The maximum Gasteiger partial charge on any atom is 0.338 e. The van der Waals surface area contributed by atoms with E-state index >= 15 is 0 Å². The molecule has 2 amide bonds. The Balaban J connectivity index is 1.92. The van der Waals surface area contributed by atoms with Crippen LogP contribution in [0.25, 0.3) is 0 Å².